The maximum atomic E-state index is 10.7. The van der Waals surface area contributed by atoms with Gasteiger partial charge in [-0.05, 0) is 23.1 Å². The molecule has 0 aliphatic heterocycles. The molecule has 1 unspecified atom stereocenters. The van der Waals surface area contributed by atoms with Gasteiger partial charge in [0.05, 0.1) is 0 Å². The first kappa shape index (κ1) is 11.8. The highest BCUT2D eigenvalue weighted by Crippen LogP contribution is 2.22. The number of rotatable bonds is 5. The molecule has 1 rings (SSSR count). The van der Waals surface area contributed by atoms with Crippen molar-refractivity contribution in [2.75, 3.05) is 17.3 Å². The quantitative estimate of drug-likeness (QED) is 0.613. The fourth-order valence-electron chi connectivity index (χ4n) is 1.24. The van der Waals surface area contributed by atoms with E-state index >= 15 is 0 Å². The summed E-state index contributed by atoms with van der Waals surface area (Å²) in [5, 5.41) is 13.7. The predicted molar refractivity (Wildman–Crippen MR) is 61.3 cm³/mol. The lowest BCUT2D eigenvalue weighted by Crippen LogP contribution is -2.20. The second-order valence-corrected chi connectivity index (χ2v) is 4.20. The molecule has 1 aromatic rings. The number of nitrogens with one attached hydrogen (secondary N) is 1. The first-order valence-corrected chi connectivity index (χ1v) is 5.86. The minimum Gasteiger partial charge on any atom is -0.361 e. The number of hydrogen-bond acceptors (Lipinski definition) is 5. The molecule has 15 heavy (non-hydrogen) atoms. The Kier molecular flexibility index (Phi) is 3.96. The molecule has 0 spiro atoms. The van der Waals surface area contributed by atoms with E-state index < -0.39 is 4.92 Å². The van der Waals surface area contributed by atoms with Crippen molar-refractivity contribution in [2.24, 2.45) is 7.05 Å². The van der Waals surface area contributed by atoms with Crippen LogP contribution in [0.1, 0.15) is 6.92 Å². The zero-order valence-electron chi connectivity index (χ0n) is 8.93. The van der Waals surface area contributed by atoms with E-state index in [1.807, 2.05) is 13.2 Å². The Morgan fingerprint density at radius 1 is 1.80 bits per heavy atom. The van der Waals surface area contributed by atoms with E-state index in [2.05, 4.69) is 10.3 Å². The molecule has 1 atom stereocenters. The maximum Gasteiger partial charge on any atom is 0.406 e. The number of aromatic nitrogens is 2. The lowest BCUT2D eigenvalue weighted by molar-refractivity contribution is -0.388. The number of anilines is 1. The molecule has 0 saturated carbocycles. The Bertz CT molecular complexity index is 352. The maximum absolute atomic E-state index is 10.7. The van der Waals surface area contributed by atoms with Gasteiger partial charge in [0.25, 0.3) is 0 Å². The number of aryl methyl sites for hydroxylation is 1. The van der Waals surface area contributed by atoms with Gasteiger partial charge in [0, 0.05) is 18.8 Å². The summed E-state index contributed by atoms with van der Waals surface area (Å²) in [5.41, 5.74) is 0. The average molecular weight is 230 g/mol. The van der Waals surface area contributed by atoms with Gasteiger partial charge in [-0.2, -0.15) is 11.8 Å². The van der Waals surface area contributed by atoms with Gasteiger partial charge < -0.3 is 15.4 Å². The van der Waals surface area contributed by atoms with E-state index in [9.17, 15) is 10.1 Å². The van der Waals surface area contributed by atoms with Crippen LogP contribution in [0.15, 0.2) is 6.33 Å². The Morgan fingerprint density at radius 2 is 2.47 bits per heavy atom. The van der Waals surface area contributed by atoms with Crippen LogP contribution in [0, 0.1) is 10.1 Å². The number of nitro groups is 1. The summed E-state index contributed by atoms with van der Waals surface area (Å²) in [7, 11) is 1.73. The van der Waals surface area contributed by atoms with Gasteiger partial charge in [-0.15, -0.1) is 0 Å². The van der Waals surface area contributed by atoms with Crippen LogP contribution in [-0.2, 0) is 7.05 Å². The molecular formula is C8H14N4O2S. The highest BCUT2D eigenvalue weighted by Gasteiger charge is 2.20. The third kappa shape index (κ3) is 2.85. The molecule has 0 aromatic carbocycles. The fraction of sp³-hybridized carbons (Fsp3) is 0.625. The molecule has 1 aromatic heterocycles. The molecule has 0 aliphatic rings. The van der Waals surface area contributed by atoms with Crippen molar-refractivity contribution in [3.8, 4) is 0 Å². The third-order valence-corrected chi connectivity index (χ3v) is 2.72. The van der Waals surface area contributed by atoms with E-state index in [0.717, 1.165) is 5.75 Å². The summed E-state index contributed by atoms with van der Waals surface area (Å²) >= 11 is 1.69. The molecule has 0 saturated heterocycles. The standard InChI is InChI=1S/C8H14N4O2S/c1-6(4-15-3)10-8-7(12(13)14)9-5-11(8)2/h5-6,10H,4H2,1-3H3. The number of thioether (sulfide) groups is 1. The van der Waals surface area contributed by atoms with Crippen molar-refractivity contribution >= 4 is 23.4 Å². The van der Waals surface area contributed by atoms with Crippen LogP contribution in [-0.4, -0.2) is 32.5 Å². The molecule has 84 valence electrons. The third-order valence-electron chi connectivity index (χ3n) is 1.89. The van der Waals surface area contributed by atoms with Crippen molar-refractivity contribution < 1.29 is 4.92 Å². The molecule has 6 nitrogen and oxygen atoms in total. The minimum absolute atomic E-state index is 0.120. The Labute approximate surface area is 92.2 Å². The number of hydrogen-bond donors (Lipinski definition) is 1. The van der Waals surface area contributed by atoms with E-state index in [-0.39, 0.29) is 11.9 Å². The van der Waals surface area contributed by atoms with Crippen molar-refractivity contribution in [3.63, 3.8) is 0 Å². The highest BCUT2D eigenvalue weighted by atomic mass is 32.2. The topological polar surface area (TPSA) is 73.0 Å². The zero-order valence-corrected chi connectivity index (χ0v) is 9.74. The Hall–Kier alpha value is -1.24. The van der Waals surface area contributed by atoms with Gasteiger partial charge in [0.1, 0.15) is 0 Å². The van der Waals surface area contributed by atoms with Crippen LogP contribution >= 0.6 is 11.8 Å². The predicted octanol–water partition coefficient (Wildman–Crippen LogP) is 1.49. The molecule has 1 N–H and O–H groups in total. The van der Waals surface area contributed by atoms with Crippen LogP contribution in [0.3, 0.4) is 0 Å². The first-order chi connectivity index (χ1) is 7.06. The van der Waals surface area contributed by atoms with E-state index in [4.69, 9.17) is 0 Å². The van der Waals surface area contributed by atoms with Crippen LogP contribution in [0.2, 0.25) is 0 Å². The summed E-state index contributed by atoms with van der Waals surface area (Å²) in [4.78, 5) is 13.9. The smallest absolute Gasteiger partial charge is 0.361 e. The van der Waals surface area contributed by atoms with Crippen molar-refractivity contribution in [1.82, 2.24) is 9.55 Å². The second-order valence-electron chi connectivity index (χ2n) is 3.29. The molecule has 0 radical (unpaired) electrons. The summed E-state index contributed by atoms with van der Waals surface area (Å²) in [6, 6.07) is 0.175. The summed E-state index contributed by atoms with van der Waals surface area (Å²) < 4.78 is 1.62. The lowest BCUT2D eigenvalue weighted by atomic mass is 10.4. The molecule has 0 aliphatic carbocycles. The second kappa shape index (κ2) is 5.01. The van der Waals surface area contributed by atoms with Crippen molar-refractivity contribution in [1.29, 1.82) is 0 Å². The van der Waals surface area contributed by atoms with Gasteiger partial charge >= 0.3 is 5.82 Å². The van der Waals surface area contributed by atoms with Crippen LogP contribution in [0.4, 0.5) is 11.6 Å². The molecule has 7 heteroatoms. The van der Waals surface area contributed by atoms with E-state index in [1.165, 1.54) is 6.33 Å². The summed E-state index contributed by atoms with van der Waals surface area (Å²) in [6.45, 7) is 1.98. The molecular weight excluding hydrogens is 216 g/mol. The van der Waals surface area contributed by atoms with Gasteiger partial charge in [-0.25, -0.2) is 0 Å². The monoisotopic (exact) mass is 230 g/mol. The molecule has 0 fully saturated rings. The Balaban J connectivity index is 2.83. The van der Waals surface area contributed by atoms with Crippen LogP contribution < -0.4 is 5.32 Å². The van der Waals surface area contributed by atoms with Gasteiger partial charge in [0.15, 0.2) is 0 Å². The normalized spacial score (nSPS) is 12.5. The first-order valence-electron chi connectivity index (χ1n) is 4.47. The zero-order chi connectivity index (χ0) is 11.4. The van der Waals surface area contributed by atoms with Crippen LogP contribution in [0.25, 0.3) is 0 Å². The van der Waals surface area contributed by atoms with Gasteiger partial charge in [-0.3, -0.25) is 4.57 Å². The van der Waals surface area contributed by atoms with E-state index in [1.54, 1.807) is 23.4 Å². The minimum atomic E-state index is -0.478. The number of nitrogens with zero attached hydrogens (tertiary/aromatic N) is 3. The fourth-order valence-corrected chi connectivity index (χ4v) is 1.83. The number of imidazole rings is 1. The SMILES string of the molecule is CSCC(C)Nc1c([N+](=O)[O-])ncn1C. The summed E-state index contributed by atoms with van der Waals surface area (Å²) in [6.07, 6.45) is 3.43. The molecule has 1 heterocycles. The summed E-state index contributed by atoms with van der Waals surface area (Å²) in [5.74, 6) is 1.23. The van der Waals surface area contributed by atoms with Gasteiger partial charge in [-0.1, -0.05) is 0 Å². The van der Waals surface area contributed by atoms with Crippen LogP contribution in [0.5, 0.6) is 0 Å². The largest absolute Gasteiger partial charge is 0.406 e. The average Bonchev–Trinajstić information content (AvgIpc) is 2.48. The van der Waals surface area contributed by atoms with E-state index in [0.29, 0.717) is 5.82 Å². The molecule has 0 amide bonds. The van der Waals surface area contributed by atoms with Gasteiger partial charge in [0.2, 0.25) is 12.1 Å². The molecule has 0 bridgehead atoms. The van der Waals surface area contributed by atoms with Crippen molar-refractivity contribution in [3.05, 3.63) is 16.4 Å². The lowest BCUT2D eigenvalue weighted by Gasteiger charge is -2.12. The van der Waals surface area contributed by atoms with Crippen molar-refractivity contribution in [2.45, 2.75) is 13.0 Å². The Morgan fingerprint density at radius 3 is 3.00 bits per heavy atom. The highest BCUT2D eigenvalue weighted by molar-refractivity contribution is 7.98.